The highest BCUT2D eigenvalue weighted by atomic mass is 127. The smallest absolute Gasteiger partial charge is 0.343 e. The number of nitrogens with zero attached hydrogens (tertiary/aromatic N) is 1. The Balaban J connectivity index is 1.50. The minimum Gasteiger partial charge on any atom is -0.490 e. The molecule has 1 saturated heterocycles. The van der Waals surface area contributed by atoms with Gasteiger partial charge in [-0.15, -0.1) is 0 Å². The number of hydrogen-bond donors (Lipinski definition) is 1. The number of imide groups is 1. The number of benzene rings is 3. The molecule has 3 aromatic carbocycles. The number of rotatable bonds is 9. The van der Waals surface area contributed by atoms with Crippen LogP contribution in [0.25, 0.3) is 16.8 Å². The zero-order valence-electron chi connectivity index (χ0n) is 20.5. The van der Waals surface area contributed by atoms with Gasteiger partial charge < -0.3 is 19.5 Å². The molecule has 1 N–H and O–H groups in total. The van der Waals surface area contributed by atoms with Gasteiger partial charge in [0, 0.05) is 11.1 Å². The lowest BCUT2D eigenvalue weighted by atomic mass is 10.1. The molecule has 9 nitrogen and oxygen atoms in total. The number of thioether (sulfide) groups is 1. The molecule has 0 bridgehead atoms. The first-order chi connectivity index (χ1) is 18.3. The molecular weight excluding hydrogens is 623 g/mol. The van der Waals surface area contributed by atoms with E-state index in [-0.39, 0.29) is 11.5 Å². The van der Waals surface area contributed by atoms with Crippen molar-refractivity contribution in [3.05, 3.63) is 68.6 Å². The Kier molecular flexibility index (Phi) is 8.89. The second-order valence-corrected chi connectivity index (χ2v) is 10.1. The Labute approximate surface area is 236 Å². The molecule has 1 fully saturated rings. The molecule has 0 spiro atoms. The lowest BCUT2D eigenvalue weighted by Gasteiger charge is -2.14. The number of carbonyl (C=O) groups excluding carboxylic acids is 4. The number of fused-ring (bicyclic) bond motifs is 1. The monoisotopic (exact) mass is 646 g/mol. The van der Waals surface area contributed by atoms with Crippen LogP contribution in [0.4, 0.5) is 10.5 Å². The molecule has 0 atom stereocenters. The summed E-state index contributed by atoms with van der Waals surface area (Å²) < 4.78 is 16.5. The van der Waals surface area contributed by atoms with Gasteiger partial charge in [0.15, 0.2) is 18.1 Å². The lowest BCUT2D eigenvalue weighted by molar-refractivity contribution is -0.143. The topological polar surface area (TPSA) is 111 Å². The molecule has 3 aromatic rings. The second-order valence-electron chi connectivity index (χ2n) is 7.97. The summed E-state index contributed by atoms with van der Waals surface area (Å²) in [5.74, 6) is -0.834. The van der Waals surface area contributed by atoms with E-state index in [4.69, 9.17) is 9.47 Å². The average molecular weight is 646 g/mol. The van der Waals surface area contributed by atoms with Crippen molar-refractivity contribution in [2.75, 3.05) is 32.2 Å². The molecule has 11 heteroatoms. The minimum atomic E-state index is -0.563. The summed E-state index contributed by atoms with van der Waals surface area (Å²) >= 11 is 2.79. The molecule has 1 aliphatic heterocycles. The van der Waals surface area contributed by atoms with Crippen molar-refractivity contribution in [1.82, 2.24) is 4.90 Å². The molecule has 196 valence electrons. The summed E-state index contributed by atoms with van der Waals surface area (Å²) in [6.07, 6.45) is 1.56. The summed E-state index contributed by atoms with van der Waals surface area (Å²) in [4.78, 5) is 51.0. The molecule has 1 heterocycles. The number of esters is 1. The van der Waals surface area contributed by atoms with E-state index in [1.807, 2.05) is 59.0 Å². The third kappa shape index (κ3) is 6.27. The van der Waals surface area contributed by atoms with Gasteiger partial charge in [0.05, 0.1) is 22.2 Å². The predicted octanol–water partition coefficient (Wildman–Crippen LogP) is 5.07. The number of anilines is 1. The number of methoxy groups -OCH3 is 1. The van der Waals surface area contributed by atoms with Crippen molar-refractivity contribution in [3.8, 4) is 11.5 Å². The van der Waals surface area contributed by atoms with Gasteiger partial charge >= 0.3 is 5.97 Å². The first-order valence-corrected chi connectivity index (χ1v) is 13.4. The van der Waals surface area contributed by atoms with Crippen LogP contribution in [0.1, 0.15) is 12.5 Å². The van der Waals surface area contributed by atoms with Crippen LogP contribution in [0.3, 0.4) is 0 Å². The fourth-order valence-electron chi connectivity index (χ4n) is 3.72. The summed E-state index contributed by atoms with van der Waals surface area (Å²) in [7, 11) is 1.27. The molecule has 4 rings (SSSR count). The fourth-order valence-corrected chi connectivity index (χ4v) is 5.34. The first kappa shape index (κ1) is 27.5. The van der Waals surface area contributed by atoms with Crippen LogP contribution in [0.5, 0.6) is 11.5 Å². The molecule has 38 heavy (non-hydrogen) atoms. The Morgan fingerprint density at radius 2 is 1.84 bits per heavy atom. The van der Waals surface area contributed by atoms with Crippen LogP contribution < -0.4 is 14.8 Å². The minimum absolute atomic E-state index is 0.175. The van der Waals surface area contributed by atoms with Gasteiger partial charge in [-0.25, -0.2) is 4.79 Å². The Morgan fingerprint density at radius 1 is 1.08 bits per heavy atom. The highest BCUT2D eigenvalue weighted by molar-refractivity contribution is 14.1. The maximum atomic E-state index is 13.0. The number of nitrogens with one attached hydrogen (secondary N) is 1. The van der Waals surface area contributed by atoms with Crippen molar-refractivity contribution in [2.45, 2.75) is 6.92 Å². The molecule has 3 amide bonds. The molecule has 0 saturated carbocycles. The van der Waals surface area contributed by atoms with E-state index < -0.39 is 29.6 Å². The van der Waals surface area contributed by atoms with Crippen LogP contribution in [0.2, 0.25) is 0 Å². The van der Waals surface area contributed by atoms with Gasteiger partial charge in [-0.05, 0) is 76.5 Å². The Hall–Kier alpha value is -3.58. The molecule has 1 aliphatic rings. The number of ether oxygens (including phenoxy) is 3. The van der Waals surface area contributed by atoms with E-state index in [1.165, 1.54) is 7.11 Å². The first-order valence-electron chi connectivity index (χ1n) is 11.5. The van der Waals surface area contributed by atoms with Crippen LogP contribution in [-0.4, -0.2) is 54.8 Å². The SMILES string of the molecule is CCOc1cc(/C=C2/SC(=O)N(CC(=O)Nc3cccc4ccccc34)C2=O)cc(I)c1OCC(=O)OC. The Bertz CT molecular complexity index is 1450. The lowest BCUT2D eigenvalue weighted by Crippen LogP contribution is -2.36. The van der Waals surface area contributed by atoms with Crippen LogP contribution in [0.15, 0.2) is 59.5 Å². The summed E-state index contributed by atoms with van der Waals surface area (Å²) in [6.45, 7) is 1.45. The fraction of sp³-hybridized carbons (Fsp3) is 0.185. The van der Waals surface area contributed by atoms with Crippen molar-refractivity contribution in [2.24, 2.45) is 0 Å². The third-order valence-corrected chi connectivity index (χ3v) is 7.14. The number of halogens is 1. The van der Waals surface area contributed by atoms with Crippen LogP contribution in [0, 0.1) is 3.57 Å². The van der Waals surface area contributed by atoms with Gasteiger partial charge in [0.25, 0.3) is 11.1 Å². The van der Waals surface area contributed by atoms with Gasteiger partial charge in [0.1, 0.15) is 6.54 Å². The summed E-state index contributed by atoms with van der Waals surface area (Å²) in [5, 5.41) is 4.08. The van der Waals surface area contributed by atoms with E-state index in [1.54, 1.807) is 31.2 Å². The summed E-state index contributed by atoms with van der Waals surface area (Å²) in [5.41, 5.74) is 1.19. The van der Waals surface area contributed by atoms with Gasteiger partial charge in [-0.2, -0.15) is 0 Å². The van der Waals surface area contributed by atoms with Crippen molar-refractivity contribution >= 4 is 79.9 Å². The zero-order chi connectivity index (χ0) is 27.2. The maximum Gasteiger partial charge on any atom is 0.343 e. The van der Waals surface area contributed by atoms with Gasteiger partial charge in [-0.1, -0.05) is 36.4 Å². The maximum absolute atomic E-state index is 13.0. The van der Waals surface area contributed by atoms with Gasteiger partial charge in [-0.3, -0.25) is 19.3 Å². The number of carbonyl (C=O) groups is 4. The summed E-state index contributed by atoms with van der Waals surface area (Å²) in [6, 6.07) is 16.5. The third-order valence-electron chi connectivity index (χ3n) is 5.43. The van der Waals surface area contributed by atoms with E-state index >= 15 is 0 Å². The predicted molar refractivity (Wildman–Crippen MR) is 153 cm³/mol. The van der Waals surface area contributed by atoms with Crippen LogP contribution >= 0.6 is 34.4 Å². The molecule has 0 aromatic heterocycles. The van der Waals surface area contributed by atoms with Crippen LogP contribution in [-0.2, 0) is 19.1 Å². The van der Waals surface area contributed by atoms with E-state index in [9.17, 15) is 19.2 Å². The normalized spacial score (nSPS) is 14.2. The van der Waals surface area contributed by atoms with Crippen molar-refractivity contribution < 1.29 is 33.4 Å². The molecule has 0 unspecified atom stereocenters. The second kappa shape index (κ2) is 12.3. The van der Waals surface area contributed by atoms with Gasteiger partial charge in [0.2, 0.25) is 5.91 Å². The number of hydrogen-bond acceptors (Lipinski definition) is 8. The largest absolute Gasteiger partial charge is 0.490 e. The highest BCUT2D eigenvalue weighted by Gasteiger charge is 2.36. The van der Waals surface area contributed by atoms with E-state index in [0.717, 1.165) is 27.4 Å². The molecule has 0 radical (unpaired) electrons. The standard InChI is InChI=1S/C27H23IN2O7S/c1-3-36-21-12-16(11-19(28)25(21)37-15-24(32)35-2)13-22-26(33)30(27(34)38-22)14-23(31)29-20-10-6-8-17-7-4-5-9-18(17)20/h4-13H,3,14-15H2,1-2H3,(H,29,31)/b22-13+. The van der Waals surface area contributed by atoms with Crippen molar-refractivity contribution in [1.29, 1.82) is 0 Å². The average Bonchev–Trinajstić information content (AvgIpc) is 3.15. The van der Waals surface area contributed by atoms with E-state index in [2.05, 4.69) is 10.1 Å². The highest BCUT2D eigenvalue weighted by Crippen LogP contribution is 2.37. The molecule has 0 aliphatic carbocycles. The Morgan fingerprint density at radius 3 is 2.61 bits per heavy atom. The number of amides is 3. The van der Waals surface area contributed by atoms with E-state index in [0.29, 0.717) is 32.9 Å². The zero-order valence-corrected chi connectivity index (χ0v) is 23.5. The molecular formula is C27H23IN2O7S. The van der Waals surface area contributed by atoms with Crippen molar-refractivity contribution in [3.63, 3.8) is 0 Å². The quantitative estimate of drug-likeness (QED) is 0.195.